The molecular formula is C23H26N4O3. The van der Waals surface area contributed by atoms with E-state index >= 15 is 0 Å². The number of anilines is 1. The number of phenolic OH excluding ortho intramolecular Hbond substituents is 1. The van der Waals surface area contributed by atoms with E-state index in [1.54, 1.807) is 17.0 Å². The number of piperazine rings is 1. The summed E-state index contributed by atoms with van der Waals surface area (Å²) in [7, 11) is 0. The molecule has 0 radical (unpaired) electrons. The third-order valence-corrected chi connectivity index (χ3v) is 5.15. The number of amides is 1. The average molecular weight is 406 g/mol. The van der Waals surface area contributed by atoms with Gasteiger partial charge in [-0.25, -0.2) is 14.8 Å². The Hall–Kier alpha value is -3.35. The van der Waals surface area contributed by atoms with Gasteiger partial charge in [0.25, 0.3) is 0 Å². The van der Waals surface area contributed by atoms with Crippen LogP contribution in [-0.2, 0) is 4.74 Å². The number of rotatable bonds is 3. The fourth-order valence-corrected chi connectivity index (χ4v) is 3.62. The number of aromatic hydroxyl groups is 1. The number of aryl methyl sites for hydroxylation is 1. The number of carbonyl (C=O) groups is 1. The summed E-state index contributed by atoms with van der Waals surface area (Å²) in [6, 6.07) is 13.2. The van der Waals surface area contributed by atoms with Gasteiger partial charge in [0.2, 0.25) is 0 Å². The van der Waals surface area contributed by atoms with Crippen LogP contribution >= 0.6 is 0 Å². The van der Waals surface area contributed by atoms with E-state index in [1.165, 1.54) is 0 Å². The molecule has 0 spiro atoms. The van der Waals surface area contributed by atoms with Crippen molar-refractivity contribution in [3.63, 3.8) is 0 Å². The van der Waals surface area contributed by atoms with E-state index in [0.29, 0.717) is 37.6 Å². The molecule has 2 heterocycles. The summed E-state index contributed by atoms with van der Waals surface area (Å²) in [5.41, 5.74) is 2.54. The number of fused-ring (bicyclic) bond motifs is 1. The maximum atomic E-state index is 12.2. The fourth-order valence-electron chi connectivity index (χ4n) is 3.62. The molecule has 0 bridgehead atoms. The summed E-state index contributed by atoms with van der Waals surface area (Å²) in [5.74, 6) is 1.45. The molecule has 0 saturated carbocycles. The number of hydrogen-bond acceptors (Lipinski definition) is 6. The molecule has 30 heavy (non-hydrogen) atoms. The Balaban J connectivity index is 1.69. The van der Waals surface area contributed by atoms with Crippen LogP contribution in [0.1, 0.15) is 19.4 Å². The molecule has 1 fully saturated rings. The third-order valence-electron chi connectivity index (χ3n) is 5.15. The quantitative estimate of drug-likeness (QED) is 0.709. The van der Waals surface area contributed by atoms with Gasteiger partial charge in [0.05, 0.1) is 17.2 Å². The maximum absolute atomic E-state index is 12.2. The fraction of sp³-hybridized carbons (Fsp3) is 0.348. The normalized spacial score (nSPS) is 14.4. The van der Waals surface area contributed by atoms with E-state index in [0.717, 1.165) is 22.3 Å². The van der Waals surface area contributed by atoms with E-state index in [1.807, 2.05) is 51.1 Å². The number of benzene rings is 2. The first-order chi connectivity index (χ1) is 14.4. The Bertz CT molecular complexity index is 1080. The van der Waals surface area contributed by atoms with Crippen molar-refractivity contribution in [2.45, 2.75) is 26.9 Å². The van der Waals surface area contributed by atoms with Crippen molar-refractivity contribution in [1.82, 2.24) is 14.9 Å². The van der Waals surface area contributed by atoms with Crippen LogP contribution in [0.2, 0.25) is 0 Å². The number of phenols is 1. The van der Waals surface area contributed by atoms with Crippen LogP contribution < -0.4 is 4.90 Å². The van der Waals surface area contributed by atoms with Crippen LogP contribution in [0.3, 0.4) is 0 Å². The third kappa shape index (κ3) is 4.01. The molecule has 1 aromatic heterocycles. The molecule has 156 valence electrons. The van der Waals surface area contributed by atoms with Gasteiger partial charge in [0, 0.05) is 31.6 Å². The zero-order valence-electron chi connectivity index (χ0n) is 17.5. The van der Waals surface area contributed by atoms with Crippen LogP contribution in [0, 0.1) is 6.92 Å². The van der Waals surface area contributed by atoms with Crippen molar-refractivity contribution in [2.24, 2.45) is 0 Å². The second kappa shape index (κ2) is 8.18. The first-order valence-corrected chi connectivity index (χ1v) is 10.2. The number of ether oxygens (including phenoxy) is 1. The zero-order valence-corrected chi connectivity index (χ0v) is 17.5. The van der Waals surface area contributed by atoms with Gasteiger partial charge in [0.15, 0.2) is 5.82 Å². The van der Waals surface area contributed by atoms with Crippen molar-refractivity contribution in [3.05, 3.63) is 48.0 Å². The Morgan fingerprint density at radius 1 is 1.07 bits per heavy atom. The molecule has 0 unspecified atom stereocenters. The zero-order chi connectivity index (χ0) is 21.3. The monoisotopic (exact) mass is 406 g/mol. The molecule has 3 aromatic rings. The molecule has 1 N–H and O–H groups in total. The van der Waals surface area contributed by atoms with E-state index in [-0.39, 0.29) is 17.9 Å². The van der Waals surface area contributed by atoms with Crippen LogP contribution in [0.25, 0.3) is 22.3 Å². The van der Waals surface area contributed by atoms with Gasteiger partial charge in [-0.05, 0) is 50.6 Å². The summed E-state index contributed by atoms with van der Waals surface area (Å²) in [4.78, 5) is 25.6. The minimum atomic E-state index is -0.275. The summed E-state index contributed by atoms with van der Waals surface area (Å²) < 4.78 is 5.32. The number of carbonyl (C=O) groups excluding carboxylic acids is 1. The molecule has 7 nitrogen and oxygen atoms in total. The van der Waals surface area contributed by atoms with Crippen molar-refractivity contribution in [3.8, 4) is 17.1 Å². The SMILES string of the molecule is Cc1ccc2c(N3CCN(C(=O)OC(C)C)CC3)nc(-c3ccccc3O)nc2c1. The van der Waals surface area contributed by atoms with Crippen molar-refractivity contribution < 1.29 is 14.6 Å². The predicted octanol–water partition coefficient (Wildman–Crippen LogP) is 3.98. The topological polar surface area (TPSA) is 78.8 Å². The van der Waals surface area contributed by atoms with Gasteiger partial charge in [-0.2, -0.15) is 0 Å². The first-order valence-electron chi connectivity index (χ1n) is 10.2. The molecular weight excluding hydrogens is 380 g/mol. The van der Waals surface area contributed by atoms with Gasteiger partial charge >= 0.3 is 6.09 Å². The molecule has 1 amide bonds. The first kappa shape index (κ1) is 19.9. The van der Waals surface area contributed by atoms with E-state index < -0.39 is 0 Å². The predicted molar refractivity (Wildman–Crippen MR) is 117 cm³/mol. The number of para-hydroxylation sites is 1. The number of nitrogens with zero attached hydrogens (tertiary/aromatic N) is 4. The molecule has 1 aliphatic heterocycles. The Morgan fingerprint density at radius 2 is 1.80 bits per heavy atom. The number of hydrogen-bond donors (Lipinski definition) is 1. The minimum absolute atomic E-state index is 0.134. The standard InChI is InChI=1S/C23H26N4O3/c1-15(2)30-23(29)27-12-10-26(11-13-27)22-17-9-8-16(3)14-19(17)24-21(25-22)18-6-4-5-7-20(18)28/h4-9,14-15,28H,10-13H2,1-3H3. The lowest BCUT2D eigenvalue weighted by molar-refractivity contribution is 0.0751. The van der Waals surface area contributed by atoms with Gasteiger partial charge in [-0.3, -0.25) is 0 Å². The van der Waals surface area contributed by atoms with E-state index in [9.17, 15) is 9.90 Å². The van der Waals surface area contributed by atoms with Gasteiger partial charge in [-0.15, -0.1) is 0 Å². The van der Waals surface area contributed by atoms with Crippen molar-refractivity contribution in [2.75, 3.05) is 31.1 Å². The molecule has 0 atom stereocenters. The van der Waals surface area contributed by atoms with Crippen LogP contribution in [0.5, 0.6) is 5.75 Å². The Morgan fingerprint density at radius 3 is 2.50 bits per heavy atom. The Labute approximate surface area is 175 Å². The number of aromatic nitrogens is 2. The molecule has 7 heteroatoms. The van der Waals surface area contributed by atoms with Crippen LogP contribution in [0.15, 0.2) is 42.5 Å². The highest BCUT2D eigenvalue weighted by Crippen LogP contribution is 2.32. The van der Waals surface area contributed by atoms with Crippen molar-refractivity contribution >= 4 is 22.8 Å². The summed E-state index contributed by atoms with van der Waals surface area (Å²) in [6.45, 7) is 8.15. The Kier molecular flexibility index (Phi) is 5.44. The lowest BCUT2D eigenvalue weighted by Crippen LogP contribution is -2.49. The summed E-state index contributed by atoms with van der Waals surface area (Å²) in [5, 5.41) is 11.3. The lowest BCUT2D eigenvalue weighted by Gasteiger charge is -2.35. The highest BCUT2D eigenvalue weighted by Gasteiger charge is 2.25. The van der Waals surface area contributed by atoms with Gasteiger partial charge in [-0.1, -0.05) is 18.2 Å². The lowest BCUT2D eigenvalue weighted by atomic mass is 10.1. The molecule has 4 rings (SSSR count). The summed E-state index contributed by atoms with van der Waals surface area (Å²) >= 11 is 0. The highest BCUT2D eigenvalue weighted by molar-refractivity contribution is 5.92. The largest absolute Gasteiger partial charge is 0.507 e. The average Bonchev–Trinajstić information content (AvgIpc) is 2.72. The molecule has 1 saturated heterocycles. The van der Waals surface area contributed by atoms with Crippen molar-refractivity contribution in [1.29, 1.82) is 0 Å². The second-order valence-electron chi connectivity index (χ2n) is 7.82. The van der Waals surface area contributed by atoms with Gasteiger partial charge in [0.1, 0.15) is 11.6 Å². The van der Waals surface area contributed by atoms with Gasteiger partial charge < -0.3 is 19.6 Å². The van der Waals surface area contributed by atoms with E-state index in [4.69, 9.17) is 14.7 Å². The maximum Gasteiger partial charge on any atom is 0.410 e. The van der Waals surface area contributed by atoms with Crippen LogP contribution in [0.4, 0.5) is 10.6 Å². The minimum Gasteiger partial charge on any atom is -0.507 e. The molecule has 2 aromatic carbocycles. The molecule has 0 aliphatic carbocycles. The highest BCUT2D eigenvalue weighted by atomic mass is 16.6. The second-order valence-corrected chi connectivity index (χ2v) is 7.82. The summed E-state index contributed by atoms with van der Waals surface area (Å²) in [6.07, 6.45) is -0.409. The molecule has 1 aliphatic rings. The van der Waals surface area contributed by atoms with E-state index in [2.05, 4.69) is 4.90 Å². The van der Waals surface area contributed by atoms with Crippen LogP contribution in [-0.4, -0.2) is 58.4 Å². The smallest absolute Gasteiger partial charge is 0.410 e.